The highest BCUT2D eigenvalue weighted by molar-refractivity contribution is 6.17. The molecule has 0 nitrogen and oxygen atoms in total. The minimum Gasteiger partial charge on any atom is -0.127 e. The lowest BCUT2D eigenvalue weighted by Crippen LogP contribution is -2.10. The molecule has 0 amide bonds. The minimum atomic E-state index is 0.883. The lowest BCUT2D eigenvalue weighted by atomic mass is 9.87. The number of rotatable bonds is 2. The molecule has 0 aliphatic heterocycles. The molecule has 2 saturated carbocycles. The van der Waals surface area contributed by atoms with Crippen LogP contribution in [0.5, 0.6) is 0 Å². The summed E-state index contributed by atoms with van der Waals surface area (Å²) in [6, 6.07) is 0. The van der Waals surface area contributed by atoms with Crippen molar-refractivity contribution in [1.82, 2.24) is 0 Å². The van der Waals surface area contributed by atoms with Crippen molar-refractivity contribution < 1.29 is 0 Å². The lowest BCUT2D eigenvalue weighted by Gasteiger charge is -2.19. The van der Waals surface area contributed by atoms with E-state index < -0.39 is 0 Å². The summed E-state index contributed by atoms with van der Waals surface area (Å²) < 4.78 is 0. The van der Waals surface area contributed by atoms with Crippen LogP contribution in [-0.4, -0.2) is 5.88 Å². The van der Waals surface area contributed by atoms with Crippen LogP contribution in [0.25, 0.3) is 0 Å². The van der Waals surface area contributed by atoms with Crippen molar-refractivity contribution in [2.24, 2.45) is 17.8 Å². The van der Waals surface area contributed by atoms with Crippen LogP contribution in [0.3, 0.4) is 0 Å². The molecule has 2 aliphatic rings. The molecule has 2 fully saturated rings. The average Bonchev–Trinajstić information content (AvgIpc) is 2.48. The van der Waals surface area contributed by atoms with Crippen molar-refractivity contribution in [3.8, 4) is 0 Å². The van der Waals surface area contributed by atoms with Gasteiger partial charge in [0.05, 0.1) is 0 Å². The third-order valence-electron chi connectivity index (χ3n) is 3.36. The quantitative estimate of drug-likeness (QED) is 0.542. The molecule has 0 aromatic heterocycles. The molecule has 0 aromatic rings. The fourth-order valence-electron chi connectivity index (χ4n) is 2.87. The van der Waals surface area contributed by atoms with E-state index >= 15 is 0 Å². The number of fused-ring (bicyclic) bond motifs is 2. The van der Waals surface area contributed by atoms with Gasteiger partial charge in [0.1, 0.15) is 0 Å². The summed E-state index contributed by atoms with van der Waals surface area (Å²) in [6.07, 6.45) is 7.33. The summed E-state index contributed by atoms with van der Waals surface area (Å²) in [5, 5.41) is 0. The van der Waals surface area contributed by atoms with Gasteiger partial charge in [-0.3, -0.25) is 0 Å². The summed E-state index contributed by atoms with van der Waals surface area (Å²) in [7, 11) is 0. The van der Waals surface area contributed by atoms with Crippen LogP contribution in [0.1, 0.15) is 32.1 Å². The van der Waals surface area contributed by atoms with Crippen molar-refractivity contribution in [3.05, 3.63) is 0 Å². The van der Waals surface area contributed by atoms with Crippen molar-refractivity contribution in [2.75, 3.05) is 5.88 Å². The highest BCUT2D eigenvalue weighted by Crippen LogP contribution is 2.49. The molecule has 0 aromatic carbocycles. The van der Waals surface area contributed by atoms with E-state index in [1.54, 1.807) is 0 Å². The SMILES string of the molecule is ClCCC1CC2CCC1C2. The average molecular weight is 159 g/mol. The van der Waals surface area contributed by atoms with Gasteiger partial charge in [-0.1, -0.05) is 6.42 Å². The van der Waals surface area contributed by atoms with Crippen molar-refractivity contribution in [1.29, 1.82) is 0 Å². The predicted octanol–water partition coefficient (Wildman–Crippen LogP) is 3.05. The van der Waals surface area contributed by atoms with E-state index in [4.69, 9.17) is 11.6 Å². The van der Waals surface area contributed by atoms with Crippen LogP contribution in [0.2, 0.25) is 0 Å². The van der Waals surface area contributed by atoms with Gasteiger partial charge in [0.15, 0.2) is 0 Å². The molecule has 3 unspecified atom stereocenters. The topological polar surface area (TPSA) is 0 Å². The monoisotopic (exact) mass is 158 g/mol. The van der Waals surface area contributed by atoms with Crippen LogP contribution in [0.15, 0.2) is 0 Å². The van der Waals surface area contributed by atoms with Gasteiger partial charge >= 0.3 is 0 Å². The Morgan fingerprint density at radius 3 is 2.60 bits per heavy atom. The highest BCUT2D eigenvalue weighted by atomic mass is 35.5. The van der Waals surface area contributed by atoms with Gasteiger partial charge in [-0.25, -0.2) is 0 Å². The fraction of sp³-hybridized carbons (Fsp3) is 1.00. The number of hydrogen-bond donors (Lipinski definition) is 0. The molecular formula is C9H15Cl. The second-order valence-electron chi connectivity index (χ2n) is 3.91. The molecule has 0 N–H and O–H groups in total. The molecule has 1 heteroatoms. The Hall–Kier alpha value is 0.290. The summed E-state index contributed by atoms with van der Waals surface area (Å²) in [5.74, 6) is 4.06. The zero-order chi connectivity index (χ0) is 6.97. The maximum absolute atomic E-state index is 5.72. The normalized spacial score (nSPS) is 44.7. The van der Waals surface area contributed by atoms with Gasteiger partial charge in [-0.05, 0) is 43.4 Å². The second kappa shape index (κ2) is 2.73. The maximum Gasteiger partial charge on any atom is 0.0226 e. The van der Waals surface area contributed by atoms with Crippen LogP contribution in [0.4, 0.5) is 0 Å². The van der Waals surface area contributed by atoms with Crippen LogP contribution in [0, 0.1) is 17.8 Å². The Morgan fingerprint density at radius 1 is 1.20 bits per heavy atom. The molecule has 2 bridgehead atoms. The third kappa shape index (κ3) is 1.07. The maximum atomic E-state index is 5.72. The molecule has 0 spiro atoms. The Morgan fingerprint density at radius 2 is 2.10 bits per heavy atom. The Labute approximate surface area is 68.0 Å². The Kier molecular flexibility index (Phi) is 1.90. The highest BCUT2D eigenvalue weighted by Gasteiger charge is 2.38. The third-order valence-corrected chi connectivity index (χ3v) is 3.58. The minimum absolute atomic E-state index is 0.883. The van der Waals surface area contributed by atoms with Gasteiger partial charge in [-0.15, -0.1) is 11.6 Å². The predicted molar refractivity (Wildman–Crippen MR) is 44.3 cm³/mol. The van der Waals surface area contributed by atoms with E-state index in [0.717, 1.165) is 23.6 Å². The van der Waals surface area contributed by atoms with E-state index in [1.807, 2.05) is 0 Å². The molecule has 0 saturated heterocycles. The van der Waals surface area contributed by atoms with E-state index in [-0.39, 0.29) is 0 Å². The molecule has 0 radical (unpaired) electrons. The molecule has 2 aliphatic carbocycles. The van der Waals surface area contributed by atoms with Gasteiger partial charge in [0.2, 0.25) is 0 Å². The molecule has 0 heterocycles. The smallest absolute Gasteiger partial charge is 0.0226 e. The number of halogens is 1. The van der Waals surface area contributed by atoms with E-state index in [0.29, 0.717) is 0 Å². The summed E-state index contributed by atoms with van der Waals surface area (Å²) in [5.41, 5.74) is 0. The molecule has 3 atom stereocenters. The first-order valence-corrected chi connectivity index (χ1v) is 4.99. The van der Waals surface area contributed by atoms with Crippen molar-refractivity contribution >= 4 is 11.6 Å². The van der Waals surface area contributed by atoms with E-state index in [9.17, 15) is 0 Å². The van der Waals surface area contributed by atoms with Crippen LogP contribution in [-0.2, 0) is 0 Å². The number of hydrogen-bond acceptors (Lipinski definition) is 0. The van der Waals surface area contributed by atoms with Crippen molar-refractivity contribution in [2.45, 2.75) is 32.1 Å². The molecule has 2 rings (SSSR count). The second-order valence-corrected chi connectivity index (χ2v) is 4.29. The van der Waals surface area contributed by atoms with Crippen LogP contribution >= 0.6 is 11.6 Å². The van der Waals surface area contributed by atoms with Gasteiger partial charge in [0, 0.05) is 5.88 Å². The summed E-state index contributed by atoms with van der Waals surface area (Å²) >= 11 is 5.72. The first kappa shape index (κ1) is 6.97. The Balaban J connectivity index is 1.90. The van der Waals surface area contributed by atoms with E-state index in [1.165, 1.54) is 32.1 Å². The lowest BCUT2D eigenvalue weighted by molar-refractivity contribution is 0.326. The van der Waals surface area contributed by atoms with Gasteiger partial charge < -0.3 is 0 Å². The van der Waals surface area contributed by atoms with Crippen molar-refractivity contribution in [3.63, 3.8) is 0 Å². The zero-order valence-electron chi connectivity index (χ0n) is 6.35. The van der Waals surface area contributed by atoms with E-state index in [2.05, 4.69) is 0 Å². The summed E-state index contributed by atoms with van der Waals surface area (Å²) in [6.45, 7) is 0. The van der Waals surface area contributed by atoms with Gasteiger partial charge in [-0.2, -0.15) is 0 Å². The number of alkyl halides is 1. The molecule has 58 valence electrons. The summed E-state index contributed by atoms with van der Waals surface area (Å²) in [4.78, 5) is 0. The first-order valence-electron chi connectivity index (χ1n) is 4.46. The largest absolute Gasteiger partial charge is 0.127 e. The zero-order valence-corrected chi connectivity index (χ0v) is 7.11. The van der Waals surface area contributed by atoms with Crippen LogP contribution < -0.4 is 0 Å². The van der Waals surface area contributed by atoms with Gasteiger partial charge in [0.25, 0.3) is 0 Å². The standard InChI is InChI=1S/C9H15Cl/c10-4-3-9-6-7-1-2-8(9)5-7/h7-9H,1-6H2. The fourth-order valence-corrected chi connectivity index (χ4v) is 3.15. The molecular weight excluding hydrogens is 144 g/mol. The first-order chi connectivity index (χ1) is 4.90. The molecule has 10 heavy (non-hydrogen) atoms. The Bertz CT molecular complexity index is 122.